The fourth-order valence-corrected chi connectivity index (χ4v) is 2.73. The van der Waals surface area contributed by atoms with Gasteiger partial charge in [0, 0.05) is 19.0 Å². The first-order valence-electron chi connectivity index (χ1n) is 7.74. The largest absolute Gasteiger partial charge is 0.496 e. The molecule has 1 aromatic rings. The zero-order chi connectivity index (χ0) is 18.1. The molecule has 0 N–H and O–H groups in total. The summed E-state index contributed by atoms with van der Waals surface area (Å²) in [5.74, 6) is -0.349. The van der Waals surface area contributed by atoms with Crippen molar-refractivity contribution in [2.75, 3.05) is 20.2 Å². The number of carbonyl (C=O) groups excluding carboxylic acids is 1. The summed E-state index contributed by atoms with van der Waals surface area (Å²) in [5.41, 5.74) is -0.842. The fraction of sp³-hybridized carbons (Fsp3) is 0.588. The van der Waals surface area contributed by atoms with Gasteiger partial charge in [-0.25, -0.2) is 4.79 Å². The minimum Gasteiger partial charge on any atom is -0.496 e. The fourth-order valence-electron chi connectivity index (χ4n) is 2.73. The van der Waals surface area contributed by atoms with E-state index in [1.54, 1.807) is 26.8 Å². The van der Waals surface area contributed by atoms with Crippen LogP contribution in [0.15, 0.2) is 18.2 Å². The van der Waals surface area contributed by atoms with Gasteiger partial charge in [0.1, 0.15) is 11.4 Å². The molecule has 1 fully saturated rings. The maximum atomic E-state index is 13.1. The molecule has 24 heavy (non-hydrogen) atoms. The van der Waals surface area contributed by atoms with E-state index in [2.05, 4.69) is 0 Å². The average Bonchev–Trinajstić information content (AvgIpc) is 2.93. The number of benzene rings is 1. The van der Waals surface area contributed by atoms with Crippen LogP contribution in [0.25, 0.3) is 0 Å². The first-order chi connectivity index (χ1) is 11.0. The molecule has 1 heterocycles. The molecule has 0 saturated carbocycles. The molecule has 1 aliphatic heterocycles. The number of hydrogen-bond donors (Lipinski definition) is 0. The SMILES string of the molecule is COc1ccc(C2CCN(C(=O)OC(C)(C)C)C2)cc1C(F)(F)F. The molecule has 4 nitrogen and oxygen atoms in total. The predicted molar refractivity (Wildman–Crippen MR) is 83.2 cm³/mol. The highest BCUT2D eigenvalue weighted by Gasteiger charge is 2.36. The van der Waals surface area contributed by atoms with Crippen LogP contribution in [0.5, 0.6) is 5.75 Å². The zero-order valence-corrected chi connectivity index (χ0v) is 14.2. The number of likely N-dealkylation sites (tertiary alicyclic amines) is 1. The van der Waals surface area contributed by atoms with Gasteiger partial charge >= 0.3 is 12.3 Å². The second kappa shape index (κ2) is 6.53. The smallest absolute Gasteiger partial charge is 0.419 e. The van der Waals surface area contributed by atoms with Crippen LogP contribution < -0.4 is 4.74 Å². The van der Waals surface area contributed by atoms with Gasteiger partial charge in [0.2, 0.25) is 0 Å². The van der Waals surface area contributed by atoms with Crippen molar-refractivity contribution in [1.82, 2.24) is 4.90 Å². The topological polar surface area (TPSA) is 38.8 Å². The van der Waals surface area contributed by atoms with Crippen LogP contribution in [-0.4, -0.2) is 36.8 Å². The molecule has 1 aromatic carbocycles. The maximum absolute atomic E-state index is 13.1. The molecule has 2 rings (SSSR count). The molecule has 7 heteroatoms. The van der Waals surface area contributed by atoms with Gasteiger partial charge in [-0.05, 0) is 44.9 Å². The Kier molecular flexibility index (Phi) is 5.01. The Morgan fingerprint density at radius 1 is 1.25 bits per heavy atom. The van der Waals surface area contributed by atoms with E-state index in [0.717, 1.165) is 6.07 Å². The zero-order valence-electron chi connectivity index (χ0n) is 14.2. The Morgan fingerprint density at radius 2 is 1.92 bits per heavy atom. The van der Waals surface area contributed by atoms with Crippen molar-refractivity contribution in [2.24, 2.45) is 0 Å². The number of carbonyl (C=O) groups is 1. The first-order valence-corrected chi connectivity index (χ1v) is 7.74. The lowest BCUT2D eigenvalue weighted by molar-refractivity contribution is -0.138. The molecule has 0 spiro atoms. The predicted octanol–water partition coefficient (Wildman–Crippen LogP) is 4.44. The first kappa shape index (κ1) is 18.4. The van der Waals surface area contributed by atoms with Gasteiger partial charge in [-0.1, -0.05) is 6.07 Å². The van der Waals surface area contributed by atoms with E-state index in [0.29, 0.717) is 25.1 Å². The van der Waals surface area contributed by atoms with Gasteiger partial charge in [-0.2, -0.15) is 13.2 Å². The van der Waals surface area contributed by atoms with Crippen LogP contribution in [0.1, 0.15) is 44.2 Å². The normalized spacial score (nSPS) is 18.6. The Balaban J connectivity index is 2.15. The molecular formula is C17H22F3NO3. The van der Waals surface area contributed by atoms with E-state index in [-0.39, 0.29) is 11.7 Å². The molecule has 0 radical (unpaired) electrons. The molecule has 1 unspecified atom stereocenters. The quantitative estimate of drug-likeness (QED) is 0.795. The summed E-state index contributed by atoms with van der Waals surface area (Å²) in [7, 11) is 1.21. The third kappa shape index (κ3) is 4.33. The van der Waals surface area contributed by atoms with Crippen molar-refractivity contribution in [2.45, 2.75) is 44.9 Å². The van der Waals surface area contributed by atoms with Crippen molar-refractivity contribution in [3.05, 3.63) is 29.3 Å². The van der Waals surface area contributed by atoms with Gasteiger partial charge in [-0.15, -0.1) is 0 Å². The summed E-state index contributed by atoms with van der Waals surface area (Å²) in [6.07, 6.45) is -4.32. The number of hydrogen-bond acceptors (Lipinski definition) is 3. The monoisotopic (exact) mass is 345 g/mol. The number of methoxy groups -OCH3 is 1. The molecule has 1 amide bonds. The summed E-state index contributed by atoms with van der Waals surface area (Å²) >= 11 is 0. The van der Waals surface area contributed by atoms with Crippen LogP contribution >= 0.6 is 0 Å². The third-order valence-corrected chi connectivity index (χ3v) is 3.84. The Morgan fingerprint density at radius 3 is 2.46 bits per heavy atom. The molecule has 1 saturated heterocycles. The second-order valence-electron chi connectivity index (χ2n) is 6.87. The van der Waals surface area contributed by atoms with E-state index in [1.165, 1.54) is 18.1 Å². The molecule has 0 aliphatic carbocycles. The van der Waals surface area contributed by atoms with E-state index in [1.807, 2.05) is 0 Å². The standard InChI is InChI=1S/C17H22F3NO3/c1-16(2,3)24-15(22)21-8-7-12(10-21)11-5-6-14(23-4)13(9-11)17(18,19)20/h5-6,9,12H,7-8,10H2,1-4H3. The third-order valence-electron chi connectivity index (χ3n) is 3.84. The Hall–Kier alpha value is -1.92. The van der Waals surface area contributed by atoms with Gasteiger partial charge in [0.05, 0.1) is 12.7 Å². The van der Waals surface area contributed by atoms with Gasteiger partial charge in [0.25, 0.3) is 0 Å². The van der Waals surface area contributed by atoms with Crippen LogP contribution in [0.2, 0.25) is 0 Å². The molecule has 1 atom stereocenters. The Bertz CT molecular complexity index is 608. The van der Waals surface area contributed by atoms with E-state index >= 15 is 0 Å². The number of nitrogens with zero attached hydrogens (tertiary/aromatic N) is 1. The van der Waals surface area contributed by atoms with Crippen LogP contribution in [-0.2, 0) is 10.9 Å². The Labute approximate surface area is 139 Å². The van der Waals surface area contributed by atoms with Gasteiger partial charge in [-0.3, -0.25) is 0 Å². The van der Waals surface area contributed by atoms with Crippen molar-refractivity contribution < 1.29 is 27.4 Å². The lowest BCUT2D eigenvalue weighted by atomic mass is 9.96. The molecule has 0 bridgehead atoms. The van der Waals surface area contributed by atoms with Crippen LogP contribution in [0.4, 0.5) is 18.0 Å². The summed E-state index contributed by atoms with van der Waals surface area (Å²) in [6.45, 7) is 6.14. The highest BCUT2D eigenvalue weighted by atomic mass is 19.4. The second-order valence-corrected chi connectivity index (χ2v) is 6.87. The van der Waals surface area contributed by atoms with E-state index < -0.39 is 23.4 Å². The molecule has 1 aliphatic rings. The number of alkyl halides is 3. The minimum absolute atomic E-state index is 0.149. The van der Waals surface area contributed by atoms with Crippen LogP contribution in [0, 0.1) is 0 Å². The number of ether oxygens (including phenoxy) is 2. The average molecular weight is 345 g/mol. The summed E-state index contributed by atoms with van der Waals surface area (Å²) in [5, 5.41) is 0. The van der Waals surface area contributed by atoms with Crippen molar-refractivity contribution in [1.29, 1.82) is 0 Å². The lowest BCUT2D eigenvalue weighted by Crippen LogP contribution is -2.35. The number of rotatable bonds is 2. The highest BCUT2D eigenvalue weighted by molar-refractivity contribution is 5.68. The van der Waals surface area contributed by atoms with E-state index in [9.17, 15) is 18.0 Å². The summed E-state index contributed by atoms with van der Waals surface area (Å²) < 4.78 is 49.5. The van der Waals surface area contributed by atoms with Crippen LogP contribution in [0.3, 0.4) is 0 Å². The summed E-state index contributed by atoms with van der Waals surface area (Å²) in [6, 6.07) is 4.06. The molecule has 0 aromatic heterocycles. The molecular weight excluding hydrogens is 323 g/mol. The van der Waals surface area contributed by atoms with Crippen molar-refractivity contribution >= 4 is 6.09 Å². The van der Waals surface area contributed by atoms with Crippen molar-refractivity contribution in [3.63, 3.8) is 0 Å². The number of amides is 1. The van der Waals surface area contributed by atoms with E-state index in [4.69, 9.17) is 9.47 Å². The molecule has 134 valence electrons. The maximum Gasteiger partial charge on any atom is 0.419 e. The van der Waals surface area contributed by atoms with Crippen molar-refractivity contribution in [3.8, 4) is 5.75 Å². The minimum atomic E-state index is -4.48. The highest BCUT2D eigenvalue weighted by Crippen LogP contribution is 2.39. The van der Waals surface area contributed by atoms with Gasteiger partial charge in [0.15, 0.2) is 0 Å². The number of halogens is 3. The van der Waals surface area contributed by atoms with Gasteiger partial charge < -0.3 is 14.4 Å². The summed E-state index contributed by atoms with van der Waals surface area (Å²) in [4.78, 5) is 13.6. The lowest BCUT2D eigenvalue weighted by Gasteiger charge is -2.24.